The van der Waals surface area contributed by atoms with Gasteiger partial charge in [-0.1, -0.05) is 85.2 Å². The van der Waals surface area contributed by atoms with Gasteiger partial charge >= 0.3 is 11.9 Å². The summed E-state index contributed by atoms with van der Waals surface area (Å²) in [7, 11) is 7.42. The Kier molecular flexibility index (Phi) is 39.6. The molecule has 534 valence electrons. The number of nitrogens with zero attached hydrogens (tertiary/aromatic N) is 4. The summed E-state index contributed by atoms with van der Waals surface area (Å²) in [5.41, 5.74) is 0.836. The topological polar surface area (TPSA) is 344 Å². The molecule has 0 radical (unpaired) electrons. The number of hydrogen-bond acceptors (Lipinski definition) is 17. The number of carbonyl (C=O) groups is 12. The fourth-order valence-electron chi connectivity index (χ4n) is 11.5. The van der Waals surface area contributed by atoms with E-state index in [1.807, 2.05) is 63.9 Å². The summed E-state index contributed by atoms with van der Waals surface area (Å²) in [4.78, 5) is 163. The summed E-state index contributed by atoms with van der Waals surface area (Å²) in [5, 5.41) is 22.7. The van der Waals surface area contributed by atoms with Gasteiger partial charge in [-0.25, -0.2) is 4.79 Å². The van der Waals surface area contributed by atoms with E-state index in [2.05, 4.69) is 26.6 Å². The van der Waals surface area contributed by atoms with Crippen LogP contribution in [0.2, 0.25) is 0 Å². The number of likely N-dealkylation sites (N-methyl/N-ethyl adjacent to an activating group) is 2. The first kappa shape index (κ1) is 83.5. The van der Waals surface area contributed by atoms with Gasteiger partial charge in [0.2, 0.25) is 47.3 Å². The molecule has 1 aromatic carbocycles. The highest BCUT2D eigenvalue weighted by molar-refractivity contribution is 5.94. The highest BCUT2D eigenvalue weighted by Gasteiger charge is 2.44. The first-order chi connectivity index (χ1) is 45.1. The molecule has 10 atom stereocenters. The molecule has 1 aliphatic rings. The zero-order valence-electron chi connectivity index (χ0n) is 58.3. The van der Waals surface area contributed by atoms with Crippen LogP contribution in [0.3, 0.4) is 0 Å². The van der Waals surface area contributed by atoms with Crippen LogP contribution >= 0.6 is 0 Å². The largest absolute Gasteiger partial charge is 0.481 e. The lowest BCUT2D eigenvalue weighted by atomic mass is 9.89. The number of amides is 9. The lowest BCUT2D eigenvalue weighted by Gasteiger charge is -2.41. The van der Waals surface area contributed by atoms with Crippen LogP contribution in [-0.2, 0) is 87.6 Å². The average molecular weight is 1340 g/mol. The van der Waals surface area contributed by atoms with Crippen LogP contribution in [0.25, 0.3) is 0 Å². The molecule has 1 saturated heterocycles. The minimum Gasteiger partial charge on any atom is -0.481 e. The molecule has 27 heteroatoms. The number of Topliss-reactive ketones (excluding diaryl/α,β-unsaturated/α-hetero) is 1. The van der Waals surface area contributed by atoms with E-state index in [-0.39, 0.29) is 152 Å². The van der Waals surface area contributed by atoms with Crippen molar-refractivity contribution in [3.05, 3.63) is 35.9 Å². The lowest BCUT2D eigenvalue weighted by molar-refractivity contribution is -0.149. The van der Waals surface area contributed by atoms with Gasteiger partial charge in [0, 0.05) is 99.6 Å². The third-order valence-corrected chi connectivity index (χ3v) is 17.2. The summed E-state index contributed by atoms with van der Waals surface area (Å²) >= 11 is 0. The van der Waals surface area contributed by atoms with E-state index < -0.39 is 102 Å². The number of carboxylic acids is 1. The Bertz CT molecular complexity index is 2670. The number of methoxy groups -OCH3 is 3. The minimum atomic E-state index is -1.09. The molecule has 9 amide bonds. The molecule has 0 aliphatic carbocycles. The zero-order chi connectivity index (χ0) is 71.3. The van der Waals surface area contributed by atoms with E-state index in [4.69, 9.17) is 35.2 Å². The molecular weight excluding hydrogens is 1230 g/mol. The predicted molar refractivity (Wildman–Crippen MR) is 353 cm³/mol. The maximum absolute atomic E-state index is 14.8. The number of esters is 1. The summed E-state index contributed by atoms with van der Waals surface area (Å²) < 4.78 is 28.0. The van der Waals surface area contributed by atoms with Crippen molar-refractivity contribution >= 4 is 70.9 Å². The predicted octanol–water partition coefficient (Wildman–Crippen LogP) is 2.83. The molecular formula is C68H109N9O18. The van der Waals surface area contributed by atoms with Crippen molar-refractivity contribution in [2.75, 3.05) is 94.6 Å². The van der Waals surface area contributed by atoms with Gasteiger partial charge < -0.3 is 75.0 Å². The van der Waals surface area contributed by atoms with Crippen molar-refractivity contribution in [1.29, 1.82) is 0 Å². The monoisotopic (exact) mass is 1340 g/mol. The highest BCUT2D eigenvalue weighted by Crippen LogP contribution is 2.30. The van der Waals surface area contributed by atoms with Crippen molar-refractivity contribution in [3.8, 4) is 12.3 Å². The quantitative estimate of drug-likeness (QED) is 0.0310. The number of benzene rings is 1. The molecule has 1 fully saturated rings. The van der Waals surface area contributed by atoms with Crippen LogP contribution < -0.4 is 26.6 Å². The normalized spacial score (nSPS) is 15.7. The maximum Gasteiger partial charge on any atom is 0.328 e. The van der Waals surface area contributed by atoms with Crippen molar-refractivity contribution in [3.63, 3.8) is 0 Å². The Hall–Kier alpha value is -7.54. The van der Waals surface area contributed by atoms with Crippen molar-refractivity contribution in [2.24, 2.45) is 23.7 Å². The second-order valence-corrected chi connectivity index (χ2v) is 24.9. The van der Waals surface area contributed by atoms with Gasteiger partial charge in [0.1, 0.15) is 18.1 Å². The summed E-state index contributed by atoms with van der Waals surface area (Å²) in [6.45, 7) is 15.7. The Morgan fingerprint density at radius 3 is 1.94 bits per heavy atom. The molecule has 0 bridgehead atoms. The molecule has 1 aliphatic heterocycles. The van der Waals surface area contributed by atoms with Gasteiger partial charge in [-0.3, -0.25) is 52.7 Å². The number of likely N-dealkylation sites (tertiary alicyclic amines) is 1. The summed E-state index contributed by atoms with van der Waals surface area (Å²) in [6, 6.07) is 4.43. The van der Waals surface area contributed by atoms with Crippen LogP contribution in [0.1, 0.15) is 144 Å². The molecule has 1 heterocycles. The third kappa shape index (κ3) is 29.6. The minimum absolute atomic E-state index is 0.00334. The molecule has 0 saturated carbocycles. The molecule has 6 N–H and O–H groups in total. The van der Waals surface area contributed by atoms with Crippen LogP contribution in [0.5, 0.6) is 0 Å². The smallest absolute Gasteiger partial charge is 0.328 e. The molecule has 95 heavy (non-hydrogen) atoms. The summed E-state index contributed by atoms with van der Waals surface area (Å²) in [5.74, 6) is -5.38. The molecule has 27 nitrogen and oxygen atoms in total. The highest BCUT2D eigenvalue weighted by atomic mass is 16.5. The number of hydrogen-bond donors (Lipinski definition) is 6. The van der Waals surface area contributed by atoms with Gasteiger partial charge in [-0.05, 0) is 68.3 Å². The molecule has 2 rings (SSSR count). The number of carboxylic acid groups (broad SMARTS) is 1. The maximum atomic E-state index is 14.8. The van der Waals surface area contributed by atoms with E-state index in [1.165, 1.54) is 38.2 Å². The van der Waals surface area contributed by atoms with E-state index in [0.29, 0.717) is 38.6 Å². The Labute approximate surface area is 561 Å². The van der Waals surface area contributed by atoms with Crippen LogP contribution in [0.4, 0.5) is 0 Å². The number of nitrogens with one attached hydrogen (secondary N) is 5. The van der Waals surface area contributed by atoms with Gasteiger partial charge in [0.25, 0.3) is 5.91 Å². The zero-order valence-corrected chi connectivity index (χ0v) is 58.3. The fraction of sp³-hybridized carbons (Fsp3) is 0.706. The number of carbonyl (C=O) groups excluding carboxylic acids is 11. The second-order valence-electron chi connectivity index (χ2n) is 24.9. The van der Waals surface area contributed by atoms with E-state index in [0.717, 1.165) is 5.56 Å². The van der Waals surface area contributed by atoms with E-state index >= 15 is 0 Å². The van der Waals surface area contributed by atoms with Gasteiger partial charge in [0.05, 0.1) is 82.6 Å². The number of ketones is 1. The third-order valence-electron chi connectivity index (χ3n) is 17.2. The first-order valence-corrected chi connectivity index (χ1v) is 33.2. The number of rotatable bonds is 47. The first-order valence-electron chi connectivity index (χ1n) is 33.2. The molecule has 1 unspecified atom stereocenters. The SMILES string of the molecule is C#CC(=O)NCCCC(=O)N(CCC(=O)O)CCC(=O)NCCOCCOCCC(=O)NC(C)C(=O)CCCCC(=O)N(C)[C@@H](C(=O)N[C@H](C(=O)N(C)[C@@H]([C@@H](C)CC)[C@@H](CC(=O)N1CCC[C@H]1[C@H](OC)[C@@H](C)C(=O)N[C@@H](Cc1ccccc1)C(=O)OC)OC)C(C)C)C(C)C. The van der Waals surface area contributed by atoms with Crippen LogP contribution in [0, 0.1) is 36.0 Å². The van der Waals surface area contributed by atoms with Crippen molar-refractivity contribution < 1.29 is 86.3 Å². The van der Waals surface area contributed by atoms with Crippen LogP contribution in [0.15, 0.2) is 30.3 Å². The number of aliphatic carboxylic acids is 1. The molecule has 0 aromatic heterocycles. The number of unbranched alkanes of at least 4 members (excludes halogenated alkanes) is 1. The van der Waals surface area contributed by atoms with Crippen molar-refractivity contribution in [1.82, 2.24) is 46.2 Å². The van der Waals surface area contributed by atoms with Crippen LogP contribution in [-0.4, -0.2) is 239 Å². The van der Waals surface area contributed by atoms with Gasteiger partial charge in [0.15, 0.2) is 5.78 Å². The van der Waals surface area contributed by atoms with Crippen molar-refractivity contribution in [2.45, 2.75) is 194 Å². The Morgan fingerprint density at radius 1 is 0.695 bits per heavy atom. The van der Waals surface area contributed by atoms with E-state index in [9.17, 15) is 57.5 Å². The Morgan fingerprint density at radius 2 is 1.34 bits per heavy atom. The van der Waals surface area contributed by atoms with Gasteiger partial charge in [-0.15, -0.1) is 6.42 Å². The second kappa shape index (κ2) is 45.0. The standard InChI is InChI=1S/C68H109N9O18/c1-15-46(7)63(53(91-12)43-59(84)77-35-23-26-51(77)64(92-13)47(8)65(87)72-50(68(90)93-14)42-49-24-18-17-19-25-49)75(11)67(89)61(44(3)4)73-66(88)62(45(5)6)74(10)57(82)28-21-20-27-52(78)48(9)71-56(81)32-38-94-40-41-95-39-34-70-55(80)30-36-76(37-31-60(85)86)58(83)29-22-33-69-54(79)16-2/h2,17-19,24-25,44-48,50-51,53,61-64H,15,20-23,26-43H2,1,3-14H3,(H,69,79)(H,70,80)(H,71,81)(H,72,87)(H,73,88)(H,85,86)/t46-,47+,48?,50-,51-,53+,61-,62+,63-,64+/m0/s1. The molecule has 0 spiro atoms. The Balaban J connectivity index is 1.90. The number of ether oxygens (including phenoxy) is 5. The lowest BCUT2D eigenvalue weighted by Crippen LogP contribution is -2.60. The van der Waals surface area contributed by atoms with Gasteiger partial charge in [-0.2, -0.15) is 0 Å². The fourth-order valence-corrected chi connectivity index (χ4v) is 11.5. The van der Waals surface area contributed by atoms with E-state index in [1.54, 1.807) is 44.5 Å². The number of terminal acetylenes is 1. The average Bonchev–Trinajstić information content (AvgIpc) is 1.81. The summed E-state index contributed by atoms with van der Waals surface area (Å²) in [6.07, 6.45) is 6.19. The molecule has 1 aromatic rings.